The number of hydrogen-bond acceptors (Lipinski definition) is 2. The van der Waals surface area contributed by atoms with Gasteiger partial charge in [-0.05, 0) is 38.5 Å². The molecule has 2 aliphatic rings. The van der Waals surface area contributed by atoms with Crippen molar-refractivity contribution in [2.75, 3.05) is 13.6 Å². The molecular weight excluding hydrogens is 224 g/mol. The van der Waals surface area contributed by atoms with Crippen LogP contribution in [-0.2, 0) is 4.79 Å². The van der Waals surface area contributed by atoms with Gasteiger partial charge in [-0.15, -0.1) is 0 Å². The second kappa shape index (κ2) is 6.05. The molecule has 3 heteroatoms. The second-order valence-corrected chi connectivity index (χ2v) is 6.36. The topological polar surface area (TPSA) is 32.3 Å². The van der Waals surface area contributed by atoms with Crippen molar-refractivity contribution < 1.29 is 4.79 Å². The molecule has 1 aliphatic carbocycles. The van der Waals surface area contributed by atoms with E-state index in [9.17, 15) is 4.79 Å². The summed E-state index contributed by atoms with van der Waals surface area (Å²) in [5.41, 5.74) is 0. The number of rotatable bonds is 2. The lowest BCUT2D eigenvalue weighted by atomic mass is 9.84. The van der Waals surface area contributed by atoms with Gasteiger partial charge in [0.1, 0.15) is 0 Å². The molecule has 0 aromatic carbocycles. The molecule has 18 heavy (non-hydrogen) atoms. The van der Waals surface area contributed by atoms with Gasteiger partial charge in [-0.25, -0.2) is 0 Å². The molecule has 1 amide bonds. The number of piperidine rings is 1. The maximum absolute atomic E-state index is 12.5. The Kier molecular flexibility index (Phi) is 4.66. The van der Waals surface area contributed by atoms with Gasteiger partial charge >= 0.3 is 0 Å². The van der Waals surface area contributed by atoms with Gasteiger partial charge < -0.3 is 10.2 Å². The Balaban J connectivity index is 1.91. The van der Waals surface area contributed by atoms with Crippen LogP contribution in [0.15, 0.2) is 0 Å². The Bertz CT molecular complexity index is 284. The van der Waals surface area contributed by atoms with Gasteiger partial charge in [0.15, 0.2) is 0 Å². The van der Waals surface area contributed by atoms with Gasteiger partial charge in [-0.3, -0.25) is 4.79 Å². The normalized spacial score (nSPS) is 37.3. The number of nitrogens with zero attached hydrogens (tertiary/aromatic N) is 1. The predicted octanol–water partition coefficient (Wildman–Crippen LogP) is 2.41. The molecule has 0 bridgehead atoms. The maximum atomic E-state index is 12.5. The molecule has 1 N–H and O–H groups in total. The Morgan fingerprint density at radius 1 is 1.11 bits per heavy atom. The molecule has 3 nitrogen and oxygen atoms in total. The van der Waals surface area contributed by atoms with Crippen LogP contribution in [0.1, 0.15) is 52.4 Å². The summed E-state index contributed by atoms with van der Waals surface area (Å²) >= 11 is 0. The minimum Gasteiger partial charge on any atom is -0.342 e. The van der Waals surface area contributed by atoms with E-state index in [1.165, 1.54) is 25.7 Å². The van der Waals surface area contributed by atoms with E-state index in [1.54, 1.807) is 0 Å². The van der Waals surface area contributed by atoms with E-state index < -0.39 is 0 Å². The lowest BCUT2D eigenvalue weighted by Crippen LogP contribution is -2.49. The van der Waals surface area contributed by atoms with Crippen molar-refractivity contribution in [3.8, 4) is 0 Å². The quantitative estimate of drug-likeness (QED) is 0.818. The van der Waals surface area contributed by atoms with Crippen LogP contribution in [0.5, 0.6) is 0 Å². The molecule has 0 radical (unpaired) electrons. The zero-order valence-corrected chi connectivity index (χ0v) is 12.1. The molecule has 0 aromatic heterocycles. The lowest BCUT2D eigenvalue weighted by Gasteiger charge is -2.39. The Hall–Kier alpha value is -0.570. The van der Waals surface area contributed by atoms with Crippen LogP contribution in [0.25, 0.3) is 0 Å². The molecule has 4 unspecified atom stereocenters. The minimum atomic E-state index is 0.209. The third-order valence-corrected chi connectivity index (χ3v) is 4.92. The molecule has 2 rings (SSSR count). The third-order valence-electron chi connectivity index (χ3n) is 4.92. The van der Waals surface area contributed by atoms with Gasteiger partial charge in [-0.2, -0.15) is 0 Å². The fraction of sp³-hybridized carbons (Fsp3) is 0.933. The summed E-state index contributed by atoms with van der Waals surface area (Å²) in [7, 11) is 2.02. The smallest absolute Gasteiger partial charge is 0.226 e. The van der Waals surface area contributed by atoms with Crippen LogP contribution in [0, 0.1) is 11.8 Å². The van der Waals surface area contributed by atoms with E-state index in [1.807, 2.05) is 7.05 Å². The van der Waals surface area contributed by atoms with Crippen LogP contribution in [-0.4, -0.2) is 36.5 Å². The van der Waals surface area contributed by atoms with Crippen LogP contribution in [0.3, 0.4) is 0 Å². The number of nitrogens with one attached hydrogen (secondary N) is 1. The summed E-state index contributed by atoms with van der Waals surface area (Å²) in [5.74, 6) is 1.25. The van der Waals surface area contributed by atoms with Crippen molar-refractivity contribution in [1.82, 2.24) is 10.2 Å². The molecule has 1 saturated heterocycles. The van der Waals surface area contributed by atoms with Crippen molar-refractivity contribution in [2.24, 2.45) is 11.8 Å². The van der Waals surface area contributed by atoms with Crippen molar-refractivity contribution in [2.45, 2.75) is 64.5 Å². The van der Waals surface area contributed by atoms with Gasteiger partial charge in [0.25, 0.3) is 0 Å². The van der Waals surface area contributed by atoms with Crippen molar-refractivity contribution in [1.29, 1.82) is 0 Å². The van der Waals surface area contributed by atoms with Crippen LogP contribution in [0.2, 0.25) is 0 Å². The van der Waals surface area contributed by atoms with Gasteiger partial charge in [0, 0.05) is 25.7 Å². The third kappa shape index (κ3) is 3.05. The van der Waals surface area contributed by atoms with Gasteiger partial charge in [0.05, 0.1) is 5.92 Å². The zero-order valence-electron chi connectivity index (χ0n) is 12.1. The highest BCUT2D eigenvalue weighted by atomic mass is 16.2. The van der Waals surface area contributed by atoms with Crippen molar-refractivity contribution in [3.05, 3.63) is 0 Å². The van der Waals surface area contributed by atoms with E-state index in [-0.39, 0.29) is 5.92 Å². The summed E-state index contributed by atoms with van der Waals surface area (Å²) < 4.78 is 0. The molecule has 2 fully saturated rings. The molecule has 4 atom stereocenters. The summed E-state index contributed by atoms with van der Waals surface area (Å²) in [5, 5.41) is 3.43. The summed E-state index contributed by atoms with van der Waals surface area (Å²) in [4.78, 5) is 14.6. The maximum Gasteiger partial charge on any atom is 0.226 e. The Morgan fingerprint density at radius 2 is 1.83 bits per heavy atom. The first-order valence-electron chi connectivity index (χ1n) is 7.59. The molecular formula is C15H28N2O. The van der Waals surface area contributed by atoms with Gasteiger partial charge in [-0.1, -0.05) is 19.8 Å². The fourth-order valence-corrected chi connectivity index (χ4v) is 3.53. The van der Waals surface area contributed by atoms with Crippen LogP contribution in [0.4, 0.5) is 0 Å². The van der Waals surface area contributed by atoms with Crippen molar-refractivity contribution in [3.63, 3.8) is 0 Å². The minimum absolute atomic E-state index is 0.209. The van der Waals surface area contributed by atoms with E-state index in [0.717, 1.165) is 19.4 Å². The molecule has 1 saturated carbocycles. The average Bonchev–Trinajstić information content (AvgIpc) is 2.38. The van der Waals surface area contributed by atoms with Crippen LogP contribution >= 0.6 is 0 Å². The Labute approximate surface area is 111 Å². The lowest BCUT2D eigenvalue weighted by molar-refractivity contribution is -0.138. The van der Waals surface area contributed by atoms with E-state index in [2.05, 4.69) is 24.1 Å². The zero-order chi connectivity index (χ0) is 13.1. The number of hydrogen-bond donors (Lipinski definition) is 1. The number of carbonyl (C=O) groups excluding carboxylic acids is 1. The standard InChI is InChI=1S/C15H28N2O/c1-11-6-4-5-7-14(11)17(3)15(18)13-9-8-12(2)16-10-13/h11-14,16H,4-10H2,1-3H3. The van der Waals surface area contributed by atoms with E-state index in [0.29, 0.717) is 23.9 Å². The molecule has 104 valence electrons. The van der Waals surface area contributed by atoms with E-state index >= 15 is 0 Å². The van der Waals surface area contributed by atoms with Crippen LogP contribution < -0.4 is 5.32 Å². The summed E-state index contributed by atoms with van der Waals surface area (Å²) in [6.07, 6.45) is 7.28. The predicted molar refractivity (Wildman–Crippen MR) is 74.4 cm³/mol. The Morgan fingerprint density at radius 3 is 2.44 bits per heavy atom. The fourth-order valence-electron chi connectivity index (χ4n) is 3.53. The highest BCUT2D eigenvalue weighted by Gasteiger charge is 2.32. The molecule has 0 spiro atoms. The highest BCUT2D eigenvalue weighted by Crippen LogP contribution is 2.29. The molecule has 1 heterocycles. The highest BCUT2D eigenvalue weighted by molar-refractivity contribution is 5.79. The van der Waals surface area contributed by atoms with Crippen molar-refractivity contribution >= 4 is 5.91 Å². The molecule has 0 aromatic rings. The second-order valence-electron chi connectivity index (χ2n) is 6.36. The first-order valence-corrected chi connectivity index (χ1v) is 7.59. The first-order chi connectivity index (χ1) is 8.59. The van der Waals surface area contributed by atoms with Gasteiger partial charge in [0.2, 0.25) is 5.91 Å². The first kappa shape index (κ1) is 13.9. The summed E-state index contributed by atoms with van der Waals surface area (Å²) in [6, 6.07) is 1.05. The molecule has 1 aliphatic heterocycles. The summed E-state index contributed by atoms with van der Waals surface area (Å²) in [6.45, 7) is 5.37. The number of amides is 1. The SMILES string of the molecule is CC1CCC(C(=O)N(C)C2CCCCC2C)CN1. The largest absolute Gasteiger partial charge is 0.342 e. The monoisotopic (exact) mass is 252 g/mol. The van der Waals surface area contributed by atoms with E-state index in [4.69, 9.17) is 0 Å². The average molecular weight is 252 g/mol. The number of carbonyl (C=O) groups is 1.